The number of aromatic nitrogens is 2. The lowest BCUT2D eigenvalue weighted by atomic mass is 10.2. The van der Waals surface area contributed by atoms with Crippen molar-refractivity contribution >= 4 is 5.65 Å². The number of nitrogens with zero attached hydrogens (tertiary/aromatic N) is 2. The van der Waals surface area contributed by atoms with Gasteiger partial charge in [-0.2, -0.15) is 0 Å². The molecule has 3 rings (SSSR count). The minimum Gasteiger partial charge on any atom is -0.487 e. The second kappa shape index (κ2) is 5.44. The Morgan fingerprint density at radius 1 is 1.24 bits per heavy atom. The first-order chi connectivity index (χ1) is 10.2. The van der Waals surface area contributed by atoms with Crippen molar-refractivity contribution in [1.82, 2.24) is 9.56 Å². The average Bonchev–Trinajstić information content (AvgIpc) is 2.87. The monoisotopic (exact) mass is 284 g/mol. The molecular formula is C16H16N2O3. The van der Waals surface area contributed by atoms with Crippen LogP contribution in [0.15, 0.2) is 45.7 Å². The molecule has 21 heavy (non-hydrogen) atoms. The molecule has 0 saturated carbocycles. The highest BCUT2D eigenvalue weighted by Gasteiger charge is 2.07. The molecule has 1 aromatic carbocycles. The summed E-state index contributed by atoms with van der Waals surface area (Å²) in [6, 6.07) is 11.1. The van der Waals surface area contributed by atoms with Gasteiger partial charge in [0, 0.05) is 12.1 Å². The Labute approximate surface area is 121 Å². The van der Waals surface area contributed by atoms with Gasteiger partial charge >= 0.3 is 0 Å². The van der Waals surface area contributed by atoms with Crippen LogP contribution in [0.5, 0.6) is 5.75 Å². The fourth-order valence-electron chi connectivity index (χ4n) is 2.13. The smallest absolute Gasteiger partial charge is 0.287 e. The van der Waals surface area contributed by atoms with Gasteiger partial charge in [0.25, 0.3) is 5.56 Å². The van der Waals surface area contributed by atoms with Crippen molar-refractivity contribution in [3.63, 3.8) is 0 Å². The van der Waals surface area contributed by atoms with Gasteiger partial charge in [-0.25, -0.2) is 4.98 Å². The molecule has 0 N–H and O–H groups in total. The summed E-state index contributed by atoms with van der Waals surface area (Å²) >= 11 is 0. The van der Waals surface area contributed by atoms with E-state index in [0.717, 1.165) is 12.2 Å². The summed E-state index contributed by atoms with van der Waals surface area (Å²) in [5.41, 5.74) is 2.10. The van der Waals surface area contributed by atoms with Crippen molar-refractivity contribution in [1.29, 1.82) is 0 Å². The SMILES string of the molecule is CCc1ccc(OCc2cc(=O)n3oc(C)cc3n2)cc1. The number of hydrogen-bond acceptors (Lipinski definition) is 4. The van der Waals surface area contributed by atoms with Gasteiger partial charge in [0.2, 0.25) is 0 Å². The maximum Gasteiger partial charge on any atom is 0.287 e. The lowest BCUT2D eigenvalue weighted by molar-refractivity contribution is 0.298. The van der Waals surface area contributed by atoms with Gasteiger partial charge in [0.15, 0.2) is 5.65 Å². The second-order valence-corrected chi connectivity index (χ2v) is 4.87. The standard InChI is InChI=1S/C16H16N2O3/c1-3-12-4-6-14(7-5-12)20-10-13-9-16(19)18-15(17-13)8-11(2)21-18/h4-9H,3,10H2,1-2H3. The summed E-state index contributed by atoms with van der Waals surface area (Å²) in [7, 11) is 0. The van der Waals surface area contributed by atoms with E-state index in [-0.39, 0.29) is 12.2 Å². The van der Waals surface area contributed by atoms with Gasteiger partial charge in [-0.15, -0.1) is 4.57 Å². The summed E-state index contributed by atoms with van der Waals surface area (Å²) in [6.45, 7) is 4.14. The summed E-state index contributed by atoms with van der Waals surface area (Å²) < 4.78 is 12.1. The number of aryl methyl sites for hydroxylation is 2. The third-order valence-corrected chi connectivity index (χ3v) is 3.24. The molecule has 0 aliphatic carbocycles. The molecule has 5 heteroatoms. The van der Waals surface area contributed by atoms with Crippen LogP contribution in [0.1, 0.15) is 23.9 Å². The van der Waals surface area contributed by atoms with Crippen LogP contribution >= 0.6 is 0 Å². The maximum atomic E-state index is 11.9. The van der Waals surface area contributed by atoms with E-state index in [1.54, 1.807) is 13.0 Å². The van der Waals surface area contributed by atoms with Crippen molar-refractivity contribution in [3.8, 4) is 5.75 Å². The van der Waals surface area contributed by atoms with Gasteiger partial charge in [-0.1, -0.05) is 19.1 Å². The maximum absolute atomic E-state index is 11.9. The fourth-order valence-corrected chi connectivity index (χ4v) is 2.13. The molecule has 3 aromatic rings. The van der Waals surface area contributed by atoms with E-state index in [4.69, 9.17) is 9.26 Å². The minimum atomic E-state index is -0.243. The molecule has 0 bridgehead atoms. The number of hydrogen-bond donors (Lipinski definition) is 0. The van der Waals surface area contributed by atoms with Gasteiger partial charge in [-0.05, 0) is 31.0 Å². The van der Waals surface area contributed by atoms with Gasteiger partial charge in [0.05, 0.1) is 5.69 Å². The van der Waals surface area contributed by atoms with E-state index < -0.39 is 0 Å². The zero-order valence-corrected chi connectivity index (χ0v) is 12.0. The van der Waals surface area contributed by atoms with Gasteiger partial charge in [0.1, 0.15) is 18.1 Å². The van der Waals surface area contributed by atoms with Crippen molar-refractivity contribution in [2.24, 2.45) is 0 Å². The molecule has 0 unspecified atom stereocenters. The predicted molar refractivity (Wildman–Crippen MR) is 78.6 cm³/mol. The minimum absolute atomic E-state index is 0.243. The Morgan fingerprint density at radius 3 is 2.71 bits per heavy atom. The van der Waals surface area contributed by atoms with Crippen LogP contribution in [-0.4, -0.2) is 9.56 Å². The molecule has 0 atom stereocenters. The predicted octanol–water partition coefficient (Wildman–Crippen LogP) is 2.74. The molecule has 0 fully saturated rings. The van der Waals surface area contributed by atoms with Crippen molar-refractivity contribution < 1.29 is 9.26 Å². The van der Waals surface area contributed by atoms with Gasteiger partial charge in [-0.3, -0.25) is 4.79 Å². The van der Waals surface area contributed by atoms with Gasteiger partial charge < -0.3 is 9.26 Å². The first kappa shape index (κ1) is 13.4. The Hall–Kier alpha value is -2.56. The Morgan fingerprint density at radius 2 is 2.00 bits per heavy atom. The third-order valence-electron chi connectivity index (χ3n) is 3.24. The van der Waals surface area contributed by atoms with Crippen LogP contribution in [0.25, 0.3) is 5.65 Å². The number of rotatable bonds is 4. The highest BCUT2D eigenvalue weighted by Crippen LogP contribution is 2.14. The van der Waals surface area contributed by atoms with Crippen LogP contribution < -0.4 is 10.3 Å². The molecule has 0 saturated heterocycles. The highest BCUT2D eigenvalue weighted by atomic mass is 16.5. The number of ether oxygens (including phenoxy) is 1. The molecule has 2 aromatic heterocycles. The molecule has 0 spiro atoms. The Kier molecular flexibility index (Phi) is 3.48. The largest absolute Gasteiger partial charge is 0.487 e. The quantitative estimate of drug-likeness (QED) is 0.739. The average molecular weight is 284 g/mol. The fraction of sp³-hybridized carbons (Fsp3) is 0.250. The normalized spacial score (nSPS) is 11.0. The van der Waals surface area contributed by atoms with E-state index in [1.807, 2.05) is 24.3 Å². The Bertz CT molecular complexity index is 816. The highest BCUT2D eigenvalue weighted by molar-refractivity contribution is 5.37. The zero-order chi connectivity index (χ0) is 14.8. The second-order valence-electron chi connectivity index (χ2n) is 4.87. The summed E-state index contributed by atoms with van der Waals surface area (Å²) in [5.74, 6) is 1.41. The van der Waals surface area contributed by atoms with E-state index in [9.17, 15) is 4.79 Å². The van der Waals surface area contributed by atoms with Crippen LogP contribution in [-0.2, 0) is 13.0 Å². The molecule has 0 aliphatic heterocycles. The van der Waals surface area contributed by atoms with Crippen molar-refractivity contribution in [3.05, 3.63) is 63.8 Å². The van der Waals surface area contributed by atoms with Crippen LogP contribution in [0.4, 0.5) is 0 Å². The molecule has 2 heterocycles. The first-order valence-corrected chi connectivity index (χ1v) is 6.87. The summed E-state index contributed by atoms with van der Waals surface area (Å²) in [4.78, 5) is 16.2. The molecule has 0 aliphatic rings. The molecule has 5 nitrogen and oxygen atoms in total. The van der Waals surface area contributed by atoms with E-state index >= 15 is 0 Å². The number of fused-ring (bicyclic) bond motifs is 1. The summed E-state index contributed by atoms with van der Waals surface area (Å²) in [6.07, 6.45) is 0.995. The van der Waals surface area contributed by atoms with Crippen LogP contribution in [0.3, 0.4) is 0 Å². The lowest BCUT2D eigenvalue weighted by Crippen LogP contribution is -2.14. The summed E-state index contributed by atoms with van der Waals surface area (Å²) in [5, 5.41) is 0. The number of benzene rings is 1. The third kappa shape index (κ3) is 2.81. The van der Waals surface area contributed by atoms with Crippen LogP contribution in [0, 0.1) is 6.92 Å². The molecular weight excluding hydrogens is 268 g/mol. The van der Waals surface area contributed by atoms with Crippen LogP contribution in [0.2, 0.25) is 0 Å². The van der Waals surface area contributed by atoms with Crippen molar-refractivity contribution in [2.45, 2.75) is 26.9 Å². The topological polar surface area (TPSA) is 56.7 Å². The first-order valence-electron chi connectivity index (χ1n) is 6.87. The zero-order valence-electron chi connectivity index (χ0n) is 12.0. The Balaban J connectivity index is 1.79. The molecule has 0 radical (unpaired) electrons. The van der Waals surface area contributed by atoms with E-state index in [0.29, 0.717) is 17.1 Å². The molecule has 108 valence electrons. The molecule has 0 amide bonds. The van der Waals surface area contributed by atoms with Crippen molar-refractivity contribution in [2.75, 3.05) is 0 Å². The lowest BCUT2D eigenvalue weighted by Gasteiger charge is -2.06. The van der Waals surface area contributed by atoms with E-state index in [1.165, 1.54) is 16.2 Å². The van der Waals surface area contributed by atoms with E-state index in [2.05, 4.69) is 11.9 Å².